The van der Waals surface area contributed by atoms with Gasteiger partial charge in [-0.2, -0.15) is 0 Å². The molecule has 2 bridgehead atoms. The first-order chi connectivity index (χ1) is 10.5. The molecule has 1 N–H and O–H groups in total. The predicted molar refractivity (Wildman–Crippen MR) is 83.3 cm³/mol. The van der Waals surface area contributed by atoms with Gasteiger partial charge in [0.25, 0.3) is 0 Å². The molecule has 2 fully saturated rings. The number of hydrogen-bond acceptors (Lipinski definition) is 3. The van der Waals surface area contributed by atoms with Crippen LogP contribution in [-0.4, -0.2) is 40.9 Å². The molecular weight excluding hydrogens is 278 g/mol. The lowest BCUT2D eigenvalue weighted by atomic mass is 9.86. The Kier molecular flexibility index (Phi) is 3.84. The van der Waals surface area contributed by atoms with Crippen molar-refractivity contribution in [1.29, 1.82) is 0 Å². The van der Waals surface area contributed by atoms with Crippen molar-refractivity contribution in [2.45, 2.75) is 50.3 Å². The van der Waals surface area contributed by atoms with E-state index in [2.05, 4.69) is 11.8 Å². The van der Waals surface area contributed by atoms with E-state index in [4.69, 9.17) is 4.74 Å². The number of carbonyl (C=O) groups is 1. The first-order valence-corrected chi connectivity index (χ1v) is 7.69. The quantitative estimate of drug-likeness (QED) is 0.749. The molecule has 4 heteroatoms. The van der Waals surface area contributed by atoms with E-state index in [1.165, 1.54) is 7.11 Å². The summed E-state index contributed by atoms with van der Waals surface area (Å²) in [6.07, 6.45) is 2.53. The average Bonchev–Trinajstić information content (AvgIpc) is 2.78. The number of carbonyl (C=O) groups excluding carboxylic acids is 1. The zero-order chi connectivity index (χ0) is 15.7. The summed E-state index contributed by atoms with van der Waals surface area (Å²) in [7, 11) is 1.40. The third-order valence-electron chi connectivity index (χ3n) is 4.61. The van der Waals surface area contributed by atoms with Crippen LogP contribution in [0.3, 0.4) is 0 Å². The lowest BCUT2D eigenvalue weighted by molar-refractivity contribution is -0.00730. The van der Waals surface area contributed by atoms with Gasteiger partial charge in [0.05, 0.1) is 7.11 Å². The highest BCUT2D eigenvalue weighted by Crippen LogP contribution is 2.40. The SMILES string of the molecule is COC(=O)N1[C@@H]2CC[C@H]1CC(O)(C#Cc1cccc(C)c1)C2. The summed E-state index contributed by atoms with van der Waals surface area (Å²) in [6, 6.07) is 8.00. The number of benzene rings is 1. The summed E-state index contributed by atoms with van der Waals surface area (Å²) in [5.41, 5.74) is 1.05. The van der Waals surface area contributed by atoms with Crippen molar-refractivity contribution in [3.05, 3.63) is 35.4 Å². The van der Waals surface area contributed by atoms with Crippen LogP contribution in [0.2, 0.25) is 0 Å². The highest BCUT2D eigenvalue weighted by molar-refractivity contribution is 5.69. The molecule has 2 aliphatic rings. The van der Waals surface area contributed by atoms with Gasteiger partial charge in [0, 0.05) is 30.5 Å². The number of nitrogens with zero attached hydrogens (tertiary/aromatic N) is 1. The fourth-order valence-electron chi connectivity index (χ4n) is 3.64. The van der Waals surface area contributed by atoms with Crippen LogP contribution in [0.15, 0.2) is 24.3 Å². The Morgan fingerprint density at radius 2 is 2.05 bits per heavy atom. The van der Waals surface area contributed by atoms with Gasteiger partial charge in [-0.1, -0.05) is 24.0 Å². The fourth-order valence-corrected chi connectivity index (χ4v) is 3.64. The van der Waals surface area contributed by atoms with E-state index in [0.717, 1.165) is 24.0 Å². The second-order valence-electron chi connectivity index (χ2n) is 6.32. The molecule has 1 aromatic carbocycles. The van der Waals surface area contributed by atoms with Crippen LogP contribution in [-0.2, 0) is 4.74 Å². The van der Waals surface area contributed by atoms with E-state index in [1.54, 1.807) is 4.90 Å². The van der Waals surface area contributed by atoms with Gasteiger partial charge >= 0.3 is 6.09 Å². The molecule has 2 saturated heterocycles. The number of hydrogen-bond donors (Lipinski definition) is 1. The van der Waals surface area contributed by atoms with Crippen LogP contribution < -0.4 is 0 Å². The van der Waals surface area contributed by atoms with E-state index in [1.807, 2.05) is 31.2 Å². The van der Waals surface area contributed by atoms with E-state index in [9.17, 15) is 9.90 Å². The Morgan fingerprint density at radius 3 is 2.64 bits per heavy atom. The lowest BCUT2D eigenvalue weighted by Crippen LogP contribution is -2.52. The largest absolute Gasteiger partial charge is 0.453 e. The normalized spacial score (nSPS) is 29.7. The lowest BCUT2D eigenvalue weighted by Gasteiger charge is -2.40. The maximum atomic E-state index is 11.8. The molecular formula is C18H21NO3. The van der Waals surface area contributed by atoms with E-state index >= 15 is 0 Å². The van der Waals surface area contributed by atoms with Crippen LogP contribution >= 0.6 is 0 Å². The van der Waals surface area contributed by atoms with Gasteiger partial charge in [0.2, 0.25) is 0 Å². The zero-order valence-corrected chi connectivity index (χ0v) is 13.0. The molecule has 22 heavy (non-hydrogen) atoms. The van der Waals surface area contributed by atoms with E-state index in [-0.39, 0.29) is 18.2 Å². The highest BCUT2D eigenvalue weighted by atomic mass is 16.5. The number of ether oxygens (including phenoxy) is 1. The molecule has 2 aliphatic heterocycles. The maximum Gasteiger partial charge on any atom is 0.409 e. The number of aliphatic hydroxyl groups is 1. The summed E-state index contributed by atoms with van der Waals surface area (Å²) in [5.74, 6) is 6.13. The topological polar surface area (TPSA) is 49.8 Å². The van der Waals surface area contributed by atoms with E-state index in [0.29, 0.717) is 12.8 Å². The minimum Gasteiger partial charge on any atom is -0.453 e. The molecule has 0 radical (unpaired) electrons. The van der Waals surface area contributed by atoms with Crippen LogP contribution in [0.4, 0.5) is 4.79 Å². The Hall–Kier alpha value is -1.99. The van der Waals surface area contributed by atoms with Gasteiger partial charge in [-0.05, 0) is 37.5 Å². The first kappa shape index (κ1) is 14.9. The van der Waals surface area contributed by atoms with Gasteiger partial charge in [-0.25, -0.2) is 4.79 Å². The summed E-state index contributed by atoms with van der Waals surface area (Å²) < 4.78 is 4.85. The highest BCUT2D eigenvalue weighted by Gasteiger charge is 2.49. The summed E-state index contributed by atoms with van der Waals surface area (Å²) in [5, 5.41) is 10.8. The molecule has 4 nitrogen and oxygen atoms in total. The Labute approximate surface area is 131 Å². The van der Waals surface area contributed by atoms with Crippen LogP contribution in [0.1, 0.15) is 36.8 Å². The third kappa shape index (κ3) is 2.82. The predicted octanol–water partition coefficient (Wildman–Crippen LogP) is 2.47. The van der Waals surface area contributed by atoms with Crippen molar-refractivity contribution in [2.75, 3.05) is 7.11 Å². The van der Waals surface area contributed by atoms with Crippen molar-refractivity contribution in [3.63, 3.8) is 0 Å². The fraction of sp³-hybridized carbons (Fsp3) is 0.500. The first-order valence-electron chi connectivity index (χ1n) is 7.69. The zero-order valence-electron chi connectivity index (χ0n) is 13.0. The van der Waals surface area contributed by atoms with Gasteiger partial charge in [0.1, 0.15) is 5.60 Å². The van der Waals surface area contributed by atoms with Crippen molar-refractivity contribution < 1.29 is 14.6 Å². The Bertz CT molecular complexity index is 629. The number of methoxy groups -OCH3 is 1. The van der Waals surface area contributed by atoms with Gasteiger partial charge < -0.3 is 14.7 Å². The average molecular weight is 299 g/mol. The second-order valence-corrected chi connectivity index (χ2v) is 6.32. The van der Waals surface area contributed by atoms with Crippen molar-refractivity contribution in [2.24, 2.45) is 0 Å². The van der Waals surface area contributed by atoms with Crippen LogP contribution in [0.5, 0.6) is 0 Å². The molecule has 2 heterocycles. The monoisotopic (exact) mass is 299 g/mol. The van der Waals surface area contributed by atoms with Gasteiger partial charge in [0.15, 0.2) is 0 Å². The molecule has 0 spiro atoms. The number of piperidine rings is 1. The summed E-state index contributed by atoms with van der Waals surface area (Å²) in [4.78, 5) is 13.6. The van der Waals surface area contributed by atoms with Crippen LogP contribution in [0.25, 0.3) is 0 Å². The second kappa shape index (κ2) is 5.66. The molecule has 3 rings (SSSR count). The Balaban J connectivity index is 1.78. The standard InChI is InChI=1S/C18H21NO3/c1-13-4-3-5-14(10-13)8-9-18(21)11-15-6-7-16(12-18)19(15)17(20)22-2/h3-5,10,15-16,21H,6-7,11-12H2,1-2H3/t15-,16+,18?. The third-order valence-corrected chi connectivity index (χ3v) is 4.61. The molecule has 3 atom stereocenters. The molecule has 0 saturated carbocycles. The smallest absolute Gasteiger partial charge is 0.409 e. The molecule has 0 aromatic heterocycles. The summed E-state index contributed by atoms with van der Waals surface area (Å²) >= 11 is 0. The molecule has 116 valence electrons. The number of aryl methyl sites for hydroxylation is 1. The van der Waals surface area contributed by atoms with Crippen molar-refractivity contribution >= 4 is 6.09 Å². The molecule has 1 aromatic rings. The van der Waals surface area contributed by atoms with Crippen molar-refractivity contribution in [1.82, 2.24) is 4.90 Å². The molecule has 1 amide bonds. The minimum absolute atomic E-state index is 0.0306. The van der Waals surface area contributed by atoms with E-state index < -0.39 is 5.60 Å². The molecule has 0 aliphatic carbocycles. The van der Waals surface area contributed by atoms with Gasteiger partial charge in [-0.15, -0.1) is 0 Å². The summed E-state index contributed by atoms with van der Waals surface area (Å²) in [6.45, 7) is 2.02. The number of fused-ring (bicyclic) bond motifs is 2. The number of rotatable bonds is 0. The van der Waals surface area contributed by atoms with Crippen LogP contribution in [0, 0.1) is 18.8 Å². The molecule has 1 unspecified atom stereocenters. The van der Waals surface area contributed by atoms with Gasteiger partial charge in [-0.3, -0.25) is 0 Å². The maximum absolute atomic E-state index is 11.8. The number of amides is 1. The minimum atomic E-state index is -1.01. The Morgan fingerprint density at radius 1 is 1.36 bits per heavy atom. The van der Waals surface area contributed by atoms with Crippen molar-refractivity contribution in [3.8, 4) is 11.8 Å².